The van der Waals surface area contributed by atoms with E-state index in [0.29, 0.717) is 5.95 Å². The molecule has 0 unspecified atom stereocenters. The van der Waals surface area contributed by atoms with E-state index >= 15 is 0 Å². The number of hydrogen-bond donors (Lipinski definition) is 2. The van der Waals surface area contributed by atoms with Crippen LogP contribution < -0.4 is 15.5 Å². The van der Waals surface area contributed by atoms with Crippen molar-refractivity contribution in [1.29, 1.82) is 0 Å². The summed E-state index contributed by atoms with van der Waals surface area (Å²) in [5, 5.41) is 6.74. The van der Waals surface area contributed by atoms with E-state index in [1.807, 2.05) is 25.8 Å². The maximum atomic E-state index is 11.5. The fourth-order valence-electron chi connectivity index (χ4n) is 1.92. The highest BCUT2D eigenvalue weighted by molar-refractivity contribution is 7.18. The zero-order valence-electron chi connectivity index (χ0n) is 12.1. The van der Waals surface area contributed by atoms with E-state index in [1.54, 1.807) is 18.4 Å². The van der Waals surface area contributed by atoms with Gasteiger partial charge in [-0.15, -0.1) is 11.3 Å². The smallest absolute Gasteiger partial charge is 0.239 e. The number of aryl methyl sites for hydroxylation is 1. The lowest BCUT2D eigenvalue weighted by atomic mass is 10.3. The normalized spacial score (nSPS) is 10.6. The average Bonchev–Trinajstić information content (AvgIpc) is 2.78. The summed E-state index contributed by atoms with van der Waals surface area (Å²) in [4.78, 5) is 24.5. The lowest BCUT2D eigenvalue weighted by Gasteiger charge is -2.18. The van der Waals surface area contributed by atoms with Crippen LogP contribution in [-0.2, 0) is 4.79 Å². The Kier molecular flexibility index (Phi) is 4.39. The van der Waals surface area contributed by atoms with E-state index in [4.69, 9.17) is 0 Å². The van der Waals surface area contributed by atoms with Gasteiger partial charge in [-0.05, 0) is 19.9 Å². The summed E-state index contributed by atoms with van der Waals surface area (Å²) in [6, 6.07) is 2.06. The molecule has 2 aromatic rings. The first-order valence-electron chi connectivity index (χ1n) is 6.49. The van der Waals surface area contributed by atoms with E-state index in [1.165, 1.54) is 4.88 Å². The van der Waals surface area contributed by atoms with Crippen LogP contribution in [0.25, 0.3) is 10.2 Å². The van der Waals surface area contributed by atoms with Crippen LogP contribution in [0.2, 0.25) is 0 Å². The minimum Gasteiger partial charge on any atom is -0.358 e. The molecule has 2 rings (SSSR count). The molecule has 0 aliphatic rings. The highest BCUT2D eigenvalue weighted by Gasteiger charge is 2.15. The van der Waals surface area contributed by atoms with Crippen LogP contribution in [0.4, 0.5) is 11.8 Å². The van der Waals surface area contributed by atoms with Gasteiger partial charge in [0.05, 0.1) is 11.9 Å². The molecule has 2 aromatic heterocycles. The summed E-state index contributed by atoms with van der Waals surface area (Å²) < 4.78 is 0. The molecule has 0 aliphatic carbocycles. The molecule has 20 heavy (non-hydrogen) atoms. The minimum absolute atomic E-state index is 0.0452. The van der Waals surface area contributed by atoms with Crippen molar-refractivity contribution in [3.63, 3.8) is 0 Å². The number of fused-ring (bicyclic) bond motifs is 1. The molecule has 0 fully saturated rings. The van der Waals surface area contributed by atoms with Crippen LogP contribution in [-0.4, -0.2) is 43.1 Å². The molecule has 0 aromatic carbocycles. The lowest BCUT2D eigenvalue weighted by Crippen LogP contribution is -2.33. The fourth-order valence-corrected chi connectivity index (χ4v) is 2.80. The van der Waals surface area contributed by atoms with E-state index in [2.05, 4.69) is 26.7 Å². The Balaban J connectivity index is 2.45. The molecular formula is C13H19N5OS. The number of nitrogens with one attached hydrogen (secondary N) is 2. The molecule has 0 radical (unpaired) electrons. The number of anilines is 2. The number of amides is 1. The van der Waals surface area contributed by atoms with Crippen LogP contribution in [0.3, 0.4) is 0 Å². The SMILES string of the molecule is CCNc1nc(N(C)CC(=O)NC)c2cc(C)sc2n1. The monoisotopic (exact) mass is 293 g/mol. The molecule has 0 saturated carbocycles. The second-order valence-corrected chi connectivity index (χ2v) is 5.74. The predicted octanol–water partition coefficient (Wildman–Crippen LogP) is 1.61. The number of aromatic nitrogens is 2. The summed E-state index contributed by atoms with van der Waals surface area (Å²) in [5.41, 5.74) is 0. The first kappa shape index (κ1) is 14.5. The van der Waals surface area contributed by atoms with Gasteiger partial charge in [0, 0.05) is 25.5 Å². The molecule has 0 bridgehead atoms. The standard InChI is InChI=1S/C13H19N5OS/c1-5-15-13-16-11(18(4)7-10(19)14-3)9-6-8(2)20-12(9)17-13/h6H,5,7H2,1-4H3,(H,14,19)(H,15,16,17). The maximum Gasteiger partial charge on any atom is 0.239 e. The Labute approximate surface area is 122 Å². The Morgan fingerprint density at radius 3 is 2.85 bits per heavy atom. The molecule has 0 spiro atoms. The molecule has 1 amide bonds. The van der Waals surface area contributed by atoms with Crippen molar-refractivity contribution in [3.05, 3.63) is 10.9 Å². The van der Waals surface area contributed by atoms with Gasteiger partial charge in [0.25, 0.3) is 0 Å². The van der Waals surface area contributed by atoms with Gasteiger partial charge in [-0.2, -0.15) is 4.98 Å². The van der Waals surface area contributed by atoms with Crippen LogP contribution in [0.15, 0.2) is 6.07 Å². The van der Waals surface area contributed by atoms with Gasteiger partial charge in [-0.3, -0.25) is 4.79 Å². The largest absolute Gasteiger partial charge is 0.358 e. The number of hydrogen-bond acceptors (Lipinski definition) is 6. The molecule has 7 heteroatoms. The molecule has 108 valence electrons. The van der Waals surface area contributed by atoms with Crippen LogP contribution in [0.5, 0.6) is 0 Å². The Hall–Kier alpha value is -1.89. The Morgan fingerprint density at radius 1 is 1.45 bits per heavy atom. The van der Waals surface area contributed by atoms with Crippen LogP contribution >= 0.6 is 11.3 Å². The van der Waals surface area contributed by atoms with Gasteiger partial charge in [0.15, 0.2) is 0 Å². The van der Waals surface area contributed by atoms with Gasteiger partial charge in [0.2, 0.25) is 11.9 Å². The summed E-state index contributed by atoms with van der Waals surface area (Å²) in [6.45, 7) is 5.07. The summed E-state index contributed by atoms with van der Waals surface area (Å²) >= 11 is 1.63. The van der Waals surface area contributed by atoms with Gasteiger partial charge in [-0.25, -0.2) is 4.98 Å². The van der Waals surface area contributed by atoms with E-state index in [0.717, 1.165) is 22.6 Å². The van der Waals surface area contributed by atoms with Gasteiger partial charge >= 0.3 is 0 Å². The highest BCUT2D eigenvalue weighted by atomic mass is 32.1. The van der Waals surface area contributed by atoms with Gasteiger partial charge in [-0.1, -0.05) is 0 Å². The molecular weight excluding hydrogens is 274 g/mol. The van der Waals surface area contributed by atoms with Gasteiger partial charge < -0.3 is 15.5 Å². The number of nitrogens with zero attached hydrogens (tertiary/aromatic N) is 3. The second-order valence-electron chi connectivity index (χ2n) is 4.51. The highest BCUT2D eigenvalue weighted by Crippen LogP contribution is 2.31. The van der Waals surface area contributed by atoms with Gasteiger partial charge in [0.1, 0.15) is 10.6 Å². The van der Waals surface area contributed by atoms with Crippen molar-refractivity contribution >= 4 is 39.2 Å². The molecule has 2 heterocycles. The van der Waals surface area contributed by atoms with Crippen molar-refractivity contribution in [2.45, 2.75) is 13.8 Å². The minimum atomic E-state index is -0.0452. The number of rotatable bonds is 5. The van der Waals surface area contributed by atoms with Crippen molar-refractivity contribution < 1.29 is 4.79 Å². The molecule has 6 nitrogen and oxygen atoms in total. The first-order chi connectivity index (χ1) is 9.55. The summed E-state index contributed by atoms with van der Waals surface area (Å²) in [6.07, 6.45) is 0. The third-order valence-electron chi connectivity index (χ3n) is 2.85. The van der Waals surface area contributed by atoms with Crippen LogP contribution in [0.1, 0.15) is 11.8 Å². The average molecular weight is 293 g/mol. The molecule has 0 atom stereocenters. The van der Waals surface area contributed by atoms with Crippen molar-refractivity contribution in [1.82, 2.24) is 15.3 Å². The fraction of sp³-hybridized carbons (Fsp3) is 0.462. The number of carbonyl (C=O) groups excluding carboxylic acids is 1. The number of thiophene rings is 1. The molecule has 2 N–H and O–H groups in total. The Morgan fingerprint density at radius 2 is 2.20 bits per heavy atom. The Bertz CT molecular complexity index is 624. The van der Waals surface area contributed by atoms with Crippen molar-refractivity contribution in [3.8, 4) is 0 Å². The predicted molar refractivity (Wildman–Crippen MR) is 83.7 cm³/mol. The number of carbonyl (C=O) groups is 1. The second kappa shape index (κ2) is 6.04. The third-order valence-corrected chi connectivity index (χ3v) is 3.80. The maximum absolute atomic E-state index is 11.5. The zero-order chi connectivity index (χ0) is 14.7. The van der Waals surface area contributed by atoms with E-state index < -0.39 is 0 Å². The summed E-state index contributed by atoms with van der Waals surface area (Å²) in [7, 11) is 3.49. The molecule has 0 saturated heterocycles. The van der Waals surface area contributed by atoms with Crippen molar-refractivity contribution in [2.24, 2.45) is 0 Å². The zero-order valence-corrected chi connectivity index (χ0v) is 13.0. The topological polar surface area (TPSA) is 70.2 Å². The first-order valence-corrected chi connectivity index (χ1v) is 7.30. The lowest BCUT2D eigenvalue weighted by molar-refractivity contribution is -0.119. The number of likely N-dealkylation sites (N-methyl/N-ethyl adjacent to an activating group) is 2. The van der Waals surface area contributed by atoms with E-state index in [-0.39, 0.29) is 12.5 Å². The van der Waals surface area contributed by atoms with Crippen molar-refractivity contribution in [2.75, 3.05) is 37.4 Å². The summed E-state index contributed by atoms with van der Waals surface area (Å²) in [5.74, 6) is 1.33. The van der Waals surface area contributed by atoms with Crippen LogP contribution in [0, 0.1) is 6.92 Å². The molecule has 0 aliphatic heterocycles. The van der Waals surface area contributed by atoms with E-state index in [9.17, 15) is 4.79 Å². The quantitative estimate of drug-likeness (QED) is 0.876. The third kappa shape index (κ3) is 2.98.